The van der Waals surface area contributed by atoms with Crippen molar-refractivity contribution in [2.24, 2.45) is 10.9 Å². The van der Waals surface area contributed by atoms with E-state index >= 15 is 0 Å². The van der Waals surface area contributed by atoms with Crippen molar-refractivity contribution < 1.29 is 9.53 Å². The maximum Gasteiger partial charge on any atom is 0.350 e. The van der Waals surface area contributed by atoms with Crippen molar-refractivity contribution in [1.29, 1.82) is 0 Å². The summed E-state index contributed by atoms with van der Waals surface area (Å²) < 4.78 is 5.10. The number of aryl methyl sites for hydroxylation is 1. The number of esters is 1. The number of guanidine groups is 1. The molecule has 3 atom stereocenters. The maximum absolute atomic E-state index is 12.0. The summed E-state index contributed by atoms with van der Waals surface area (Å²) >= 11 is 1.37. The van der Waals surface area contributed by atoms with Gasteiger partial charge in [-0.25, -0.2) is 9.78 Å². The second-order valence-corrected chi connectivity index (χ2v) is 8.05. The molecule has 1 heterocycles. The molecule has 0 bridgehead atoms. The van der Waals surface area contributed by atoms with Gasteiger partial charge in [0.25, 0.3) is 0 Å². The number of hydrogen-bond donors (Lipinski definition) is 2. The van der Waals surface area contributed by atoms with Gasteiger partial charge in [-0.3, -0.25) is 4.99 Å². The van der Waals surface area contributed by atoms with Crippen molar-refractivity contribution >= 4 is 23.3 Å². The zero-order valence-corrected chi connectivity index (χ0v) is 17.7. The van der Waals surface area contributed by atoms with Gasteiger partial charge in [0, 0.05) is 13.6 Å². The number of rotatable bonds is 7. The molecule has 1 aromatic heterocycles. The molecule has 150 valence electrons. The number of hydrogen-bond acceptors (Lipinski definition) is 5. The zero-order valence-electron chi connectivity index (χ0n) is 16.9. The normalized spacial score (nSPS) is 19.8. The van der Waals surface area contributed by atoms with E-state index in [1.54, 1.807) is 14.0 Å². The van der Waals surface area contributed by atoms with Crippen LogP contribution >= 0.6 is 11.3 Å². The predicted molar refractivity (Wildman–Crippen MR) is 113 cm³/mol. The Labute approximate surface area is 170 Å². The third-order valence-electron chi connectivity index (χ3n) is 4.90. The van der Waals surface area contributed by atoms with E-state index in [4.69, 9.17) is 4.74 Å². The molecule has 1 aliphatic carbocycles. The fourth-order valence-corrected chi connectivity index (χ4v) is 4.22. The van der Waals surface area contributed by atoms with Crippen LogP contribution < -0.4 is 10.6 Å². The first-order valence-corrected chi connectivity index (χ1v) is 10.5. The lowest BCUT2D eigenvalue weighted by Gasteiger charge is -2.16. The second-order valence-electron chi connectivity index (χ2n) is 7.02. The molecule has 0 spiro atoms. The molecule has 2 aromatic rings. The number of nitrogens with one attached hydrogen (secondary N) is 2. The number of carbonyl (C=O) groups excluding carboxylic acids is 1. The van der Waals surface area contributed by atoms with E-state index in [0.717, 1.165) is 17.5 Å². The van der Waals surface area contributed by atoms with Gasteiger partial charge in [-0.05, 0) is 44.6 Å². The van der Waals surface area contributed by atoms with Crippen LogP contribution in [0.4, 0.5) is 0 Å². The Bertz CT molecular complexity index is 834. The van der Waals surface area contributed by atoms with Crippen LogP contribution in [0.5, 0.6) is 0 Å². The van der Waals surface area contributed by atoms with Crippen molar-refractivity contribution in [2.75, 3.05) is 20.2 Å². The lowest BCUT2D eigenvalue weighted by molar-refractivity contribution is 0.0531. The van der Waals surface area contributed by atoms with Gasteiger partial charge in [0.1, 0.15) is 9.88 Å². The molecule has 0 amide bonds. The predicted octanol–water partition coefficient (Wildman–Crippen LogP) is 3.66. The van der Waals surface area contributed by atoms with Gasteiger partial charge in [0.05, 0.1) is 18.3 Å². The average molecular weight is 401 g/mol. The number of carbonyl (C=O) groups is 1. The number of nitrogens with zero attached hydrogens (tertiary/aromatic N) is 2. The quantitative estimate of drug-likeness (QED) is 0.421. The van der Waals surface area contributed by atoms with Gasteiger partial charge in [-0.15, -0.1) is 11.3 Å². The van der Waals surface area contributed by atoms with Crippen molar-refractivity contribution in [3.63, 3.8) is 0 Å². The summed E-state index contributed by atoms with van der Waals surface area (Å²) in [6, 6.07) is 10.6. The SMILES string of the molecule is CCOC(=O)c1sc(C(C)NC(=NC)NCC2CC2c2ccccc2)nc1C. The minimum Gasteiger partial charge on any atom is -0.462 e. The summed E-state index contributed by atoms with van der Waals surface area (Å²) in [5.74, 6) is 1.71. The Kier molecular flexibility index (Phi) is 6.67. The van der Waals surface area contributed by atoms with E-state index in [9.17, 15) is 4.79 Å². The van der Waals surface area contributed by atoms with Crippen LogP contribution in [-0.2, 0) is 4.74 Å². The lowest BCUT2D eigenvalue weighted by atomic mass is 10.1. The number of aromatic nitrogens is 1. The summed E-state index contributed by atoms with van der Waals surface area (Å²) in [4.78, 5) is 21.4. The smallest absolute Gasteiger partial charge is 0.350 e. The highest BCUT2D eigenvalue weighted by Gasteiger charge is 2.37. The van der Waals surface area contributed by atoms with Crippen molar-refractivity contribution in [3.8, 4) is 0 Å². The molecule has 0 radical (unpaired) electrons. The van der Waals surface area contributed by atoms with Crippen LogP contribution in [0.15, 0.2) is 35.3 Å². The maximum atomic E-state index is 12.0. The molecule has 7 heteroatoms. The standard InChI is InChI=1S/C21H28N4O2S/c1-5-27-20(26)18-13(2)24-19(28-18)14(3)25-21(22-4)23-12-16-11-17(16)15-9-7-6-8-10-15/h6-10,14,16-17H,5,11-12H2,1-4H3,(H2,22,23,25). The molecular weight excluding hydrogens is 372 g/mol. The van der Waals surface area contributed by atoms with Gasteiger partial charge in [-0.1, -0.05) is 30.3 Å². The van der Waals surface area contributed by atoms with Gasteiger partial charge in [-0.2, -0.15) is 0 Å². The molecule has 0 aliphatic heterocycles. The van der Waals surface area contributed by atoms with E-state index in [0.29, 0.717) is 29.0 Å². The summed E-state index contributed by atoms with van der Waals surface area (Å²) in [5, 5.41) is 7.63. The summed E-state index contributed by atoms with van der Waals surface area (Å²) in [6.45, 7) is 6.90. The van der Waals surface area contributed by atoms with E-state index in [-0.39, 0.29) is 12.0 Å². The molecule has 3 unspecified atom stereocenters. The van der Waals surface area contributed by atoms with E-state index < -0.39 is 0 Å². The molecule has 0 saturated heterocycles. The minimum atomic E-state index is -0.306. The molecule has 3 rings (SSSR count). The zero-order chi connectivity index (χ0) is 20.1. The Morgan fingerprint density at radius 1 is 1.39 bits per heavy atom. The number of benzene rings is 1. The molecule has 28 heavy (non-hydrogen) atoms. The second kappa shape index (κ2) is 9.19. The average Bonchev–Trinajstić information content (AvgIpc) is 3.38. The van der Waals surface area contributed by atoms with Crippen LogP contribution in [0, 0.1) is 12.8 Å². The van der Waals surface area contributed by atoms with Gasteiger partial charge in [0.15, 0.2) is 5.96 Å². The molecule has 1 aromatic carbocycles. The summed E-state index contributed by atoms with van der Waals surface area (Å²) in [6.07, 6.45) is 1.21. The van der Waals surface area contributed by atoms with Crippen LogP contribution in [0.2, 0.25) is 0 Å². The minimum absolute atomic E-state index is 0.0535. The molecule has 1 aliphatic rings. The molecule has 1 fully saturated rings. The third-order valence-corrected chi connectivity index (χ3v) is 6.22. The van der Waals surface area contributed by atoms with Crippen molar-refractivity contribution in [2.45, 2.75) is 39.2 Å². The van der Waals surface area contributed by atoms with E-state index in [2.05, 4.69) is 50.9 Å². The Morgan fingerprint density at radius 3 is 2.82 bits per heavy atom. The molecule has 1 saturated carbocycles. The first-order valence-electron chi connectivity index (χ1n) is 9.70. The van der Waals surface area contributed by atoms with Crippen LogP contribution in [0.25, 0.3) is 0 Å². The first-order chi connectivity index (χ1) is 13.5. The molecular formula is C21H28N4O2S. The van der Waals surface area contributed by atoms with E-state index in [1.165, 1.54) is 23.3 Å². The van der Waals surface area contributed by atoms with E-state index in [1.807, 2.05) is 13.8 Å². The van der Waals surface area contributed by atoms with Crippen molar-refractivity contribution in [3.05, 3.63) is 51.5 Å². The highest BCUT2D eigenvalue weighted by atomic mass is 32.1. The highest BCUT2D eigenvalue weighted by Crippen LogP contribution is 2.46. The van der Waals surface area contributed by atoms with Crippen LogP contribution in [0.1, 0.15) is 58.2 Å². The van der Waals surface area contributed by atoms with Crippen LogP contribution in [-0.4, -0.2) is 37.1 Å². The Morgan fingerprint density at radius 2 is 2.14 bits per heavy atom. The monoisotopic (exact) mass is 400 g/mol. The first kappa shape index (κ1) is 20.3. The van der Waals surface area contributed by atoms with Gasteiger partial charge < -0.3 is 15.4 Å². The number of ether oxygens (including phenoxy) is 1. The molecule has 6 nitrogen and oxygen atoms in total. The molecule has 2 N–H and O–H groups in total. The fraction of sp³-hybridized carbons (Fsp3) is 0.476. The number of aliphatic imine (C=N–C) groups is 1. The third kappa shape index (κ3) is 4.90. The number of thiazole rings is 1. The Balaban J connectivity index is 1.52. The van der Waals surface area contributed by atoms with Crippen molar-refractivity contribution in [1.82, 2.24) is 15.6 Å². The van der Waals surface area contributed by atoms with Gasteiger partial charge in [0.2, 0.25) is 0 Å². The Hall–Kier alpha value is -2.41. The van der Waals surface area contributed by atoms with Gasteiger partial charge >= 0.3 is 5.97 Å². The highest BCUT2D eigenvalue weighted by molar-refractivity contribution is 7.13. The largest absolute Gasteiger partial charge is 0.462 e. The van der Waals surface area contributed by atoms with Crippen LogP contribution in [0.3, 0.4) is 0 Å². The topological polar surface area (TPSA) is 75.6 Å². The fourth-order valence-electron chi connectivity index (χ4n) is 3.26. The lowest BCUT2D eigenvalue weighted by Crippen LogP contribution is -2.39. The summed E-state index contributed by atoms with van der Waals surface area (Å²) in [5.41, 5.74) is 2.12. The summed E-state index contributed by atoms with van der Waals surface area (Å²) in [7, 11) is 1.76.